The van der Waals surface area contributed by atoms with Gasteiger partial charge in [-0.15, -0.1) is 0 Å². The molecule has 1 rings (SSSR count). The molecule has 0 saturated heterocycles. The number of nitrogens with one attached hydrogen (secondary N) is 1. The van der Waals surface area contributed by atoms with Crippen LogP contribution in [0.4, 0.5) is 5.69 Å². The van der Waals surface area contributed by atoms with Gasteiger partial charge in [-0.1, -0.05) is 39.3 Å². The van der Waals surface area contributed by atoms with Crippen LogP contribution in [0.15, 0.2) is 24.3 Å². The summed E-state index contributed by atoms with van der Waals surface area (Å²) in [6.45, 7) is 8.31. The van der Waals surface area contributed by atoms with Gasteiger partial charge in [-0.25, -0.2) is 0 Å². The van der Waals surface area contributed by atoms with E-state index in [0.29, 0.717) is 0 Å². The van der Waals surface area contributed by atoms with E-state index in [-0.39, 0.29) is 0 Å². The maximum atomic E-state index is 3.15. The number of benzene rings is 1. The molecule has 1 aromatic rings. The summed E-state index contributed by atoms with van der Waals surface area (Å²) in [5.74, 6) is 0. The lowest BCUT2D eigenvalue weighted by Gasteiger charge is -2.19. The minimum Gasteiger partial charge on any atom is -0.375 e. The molecule has 0 unspecified atom stereocenters. The summed E-state index contributed by atoms with van der Waals surface area (Å²) in [5.41, 5.74) is 2.65. The predicted molar refractivity (Wildman–Crippen MR) is 78.7 cm³/mol. The molecule has 98 valence electrons. The van der Waals surface area contributed by atoms with Crippen LogP contribution < -0.4 is 10.2 Å². The number of nitrogens with zero attached hydrogens (tertiary/aromatic N) is 1. The van der Waals surface area contributed by atoms with Crippen molar-refractivity contribution in [3.05, 3.63) is 29.8 Å². The Hall–Kier alpha value is -1.02. The Labute approximate surface area is 107 Å². The Morgan fingerprint density at radius 2 is 1.71 bits per heavy atom. The van der Waals surface area contributed by atoms with Crippen molar-refractivity contribution in [1.82, 2.24) is 5.32 Å². The summed E-state index contributed by atoms with van der Waals surface area (Å²) in [7, 11) is 4.13. The first kappa shape index (κ1) is 16.0. The van der Waals surface area contributed by atoms with Gasteiger partial charge in [-0.3, -0.25) is 0 Å². The van der Waals surface area contributed by atoms with Gasteiger partial charge >= 0.3 is 0 Å². The monoisotopic (exact) mass is 236 g/mol. The second-order valence-electron chi connectivity index (χ2n) is 3.97. The lowest BCUT2D eigenvalue weighted by molar-refractivity contribution is 0.766. The van der Waals surface area contributed by atoms with Gasteiger partial charge in [-0.2, -0.15) is 0 Å². The van der Waals surface area contributed by atoms with E-state index in [4.69, 9.17) is 0 Å². The Bertz CT molecular complexity index is 267. The van der Waals surface area contributed by atoms with Gasteiger partial charge in [0.2, 0.25) is 0 Å². The van der Waals surface area contributed by atoms with Crippen molar-refractivity contribution in [3.8, 4) is 0 Å². The van der Waals surface area contributed by atoms with Crippen molar-refractivity contribution in [3.63, 3.8) is 0 Å². The quantitative estimate of drug-likeness (QED) is 0.810. The molecule has 0 aliphatic rings. The summed E-state index contributed by atoms with van der Waals surface area (Å²) in [6.07, 6.45) is 2.51. The van der Waals surface area contributed by atoms with Gasteiger partial charge in [0.15, 0.2) is 0 Å². The summed E-state index contributed by atoms with van der Waals surface area (Å²) in [6, 6.07) is 8.77. The first-order valence-electron chi connectivity index (χ1n) is 6.72. The normalized spacial score (nSPS) is 9.47. The van der Waals surface area contributed by atoms with Gasteiger partial charge in [0.05, 0.1) is 0 Å². The van der Waals surface area contributed by atoms with Crippen molar-refractivity contribution in [2.24, 2.45) is 0 Å². The first-order chi connectivity index (χ1) is 8.27. The van der Waals surface area contributed by atoms with E-state index >= 15 is 0 Å². The fourth-order valence-corrected chi connectivity index (χ4v) is 1.60. The maximum absolute atomic E-state index is 3.15. The van der Waals surface area contributed by atoms with Crippen LogP contribution in [0.1, 0.15) is 39.2 Å². The van der Waals surface area contributed by atoms with Gasteiger partial charge in [0.1, 0.15) is 0 Å². The van der Waals surface area contributed by atoms with Gasteiger partial charge < -0.3 is 10.2 Å². The standard InChI is InChI=1S/C13H22N2.C2H6/c1-4-5-10-15(3)13-8-6-12(7-9-13)11-14-2;1-2/h6-9,14H,4-5,10-11H2,1-3H3;1-2H3. The van der Waals surface area contributed by atoms with E-state index < -0.39 is 0 Å². The average molecular weight is 236 g/mol. The Balaban J connectivity index is 0.00000121. The number of hydrogen-bond acceptors (Lipinski definition) is 2. The van der Waals surface area contributed by atoms with E-state index in [2.05, 4.69) is 48.5 Å². The number of unbranched alkanes of at least 4 members (excludes halogenated alkanes) is 1. The highest BCUT2D eigenvalue weighted by Crippen LogP contribution is 2.14. The zero-order valence-electron chi connectivity index (χ0n) is 12.1. The molecule has 0 aliphatic heterocycles. The Kier molecular flexibility index (Phi) is 9.55. The SMILES string of the molecule is CC.CCCCN(C)c1ccc(CNC)cc1. The Morgan fingerprint density at radius 3 is 2.18 bits per heavy atom. The highest BCUT2D eigenvalue weighted by molar-refractivity contribution is 5.46. The molecule has 0 saturated carbocycles. The molecule has 0 heterocycles. The first-order valence-corrected chi connectivity index (χ1v) is 6.72. The molecular formula is C15H28N2. The zero-order valence-corrected chi connectivity index (χ0v) is 12.1. The highest BCUT2D eigenvalue weighted by Gasteiger charge is 1.99. The lowest BCUT2D eigenvalue weighted by atomic mass is 10.2. The van der Waals surface area contributed by atoms with Crippen LogP contribution in [0.25, 0.3) is 0 Å². The molecule has 17 heavy (non-hydrogen) atoms. The topological polar surface area (TPSA) is 15.3 Å². The van der Waals surface area contributed by atoms with Crippen LogP contribution in [0.5, 0.6) is 0 Å². The molecule has 2 nitrogen and oxygen atoms in total. The lowest BCUT2D eigenvalue weighted by Crippen LogP contribution is -2.18. The second-order valence-corrected chi connectivity index (χ2v) is 3.97. The molecule has 0 amide bonds. The summed E-state index contributed by atoms with van der Waals surface area (Å²) < 4.78 is 0. The van der Waals surface area contributed by atoms with Crippen LogP contribution in [0.3, 0.4) is 0 Å². The summed E-state index contributed by atoms with van der Waals surface area (Å²) in [4.78, 5) is 2.31. The average Bonchev–Trinajstić information content (AvgIpc) is 2.39. The zero-order chi connectivity index (χ0) is 13.1. The van der Waals surface area contributed by atoms with E-state index in [1.165, 1.54) is 24.1 Å². The molecule has 0 fully saturated rings. The van der Waals surface area contributed by atoms with Crippen molar-refractivity contribution < 1.29 is 0 Å². The molecule has 0 atom stereocenters. The smallest absolute Gasteiger partial charge is 0.0363 e. The van der Waals surface area contributed by atoms with E-state index in [1.54, 1.807) is 0 Å². The van der Waals surface area contributed by atoms with Gasteiger partial charge in [-0.05, 0) is 31.2 Å². The summed E-state index contributed by atoms with van der Waals surface area (Å²) >= 11 is 0. The van der Waals surface area contributed by atoms with E-state index in [1.807, 2.05) is 20.9 Å². The fraction of sp³-hybridized carbons (Fsp3) is 0.600. The third-order valence-corrected chi connectivity index (χ3v) is 2.61. The highest BCUT2D eigenvalue weighted by atomic mass is 15.1. The molecular weight excluding hydrogens is 208 g/mol. The van der Waals surface area contributed by atoms with Crippen LogP contribution in [-0.4, -0.2) is 20.6 Å². The van der Waals surface area contributed by atoms with Crippen LogP contribution in [0.2, 0.25) is 0 Å². The second kappa shape index (κ2) is 10.2. The minimum absolute atomic E-state index is 0.943. The Morgan fingerprint density at radius 1 is 1.12 bits per heavy atom. The molecule has 1 aromatic carbocycles. The third-order valence-electron chi connectivity index (χ3n) is 2.61. The van der Waals surface area contributed by atoms with Crippen molar-refractivity contribution >= 4 is 5.69 Å². The van der Waals surface area contributed by atoms with Gasteiger partial charge in [0.25, 0.3) is 0 Å². The number of hydrogen-bond donors (Lipinski definition) is 1. The molecule has 0 spiro atoms. The fourth-order valence-electron chi connectivity index (χ4n) is 1.60. The largest absolute Gasteiger partial charge is 0.375 e. The molecule has 1 N–H and O–H groups in total. The molecule has 0 bridgehead atoms. The van der Waals surface area contributed by atoms with Gasteiger partial charge in [0, 0.05) is 25.8 Å². The minimum atomic E-state index is 0.943. The third kappa shape index (κ3) is 6.32. The van der Waals surface area contributed by atoms with E-state index in [0.717, 1.165) is 13.1 Å². The van der Waals surface area contributed by atoms with E-state index in [9.17, 15) is 0 Å². The number of anilines is 1. The molecule has 0 aromatic heterocycles. The van der Waals surface area contributed by atoms with Crippen molar-refractivity contribution in [2.75, 3.05) is 25.5 Å². The predicted octanol–water partition coefficient (Wildman–Crippen LogP) is 3.67. The molecule has 2 heteroatoms. The van der Waals surface area contributed by atoms with Crippen LogP contribution >= 0.6 is 0 Å². The number of rotatable bonds is 6. The summed E-state index contributed by atoms with van der Waals surface area (Å²) in [5, 5.41) is 3.15. The molecule has 0 radical (unpaired) electrons. The van der Waals surface area contributed by atoms with Crippen LogP contribution in [-0.2, 0) is 6.54 Å². The molecule has 0 aliphatic carbocycles. The maximum Gasteiger partial charge on any atom is 0.0363 e. The van der Waals surface area contributed by atoms with Crippen molar-refractivity contribution in [1.29, 1.82) is 0 Å². The van der Waals surface area contributed by atoms with Crippen LogP contribution in [0, 0.1) is 0 Å². The van der Waals surface area contributed by atoms with Crippen molar-refractivity contribution in [2.45, 2.75) is 40.2 Å².